The maximum Gasteiger partial charge on any atom is 0.220 e. The average Bonchev–Trinajstić information content (AvgIpc) is 3.04. The van der Waals surface area contributed by atoms with E-state index in [1.54, 1.807) is 0 Å². The predicted octanol–water partition coefficient (Wildman–Crippen LogP) is 2.12. The molecule has 1 heterocycles. The largest absolute Gasteiger partial charge is 0.425 e. The summed E-state index contributed by atoms with van der Waals surface area (Å²) in [5, 5.41) is 8.10. The van der Waals surface area contributed by atoms with Crippen LogP contribution in [0.25, 0.3) is 0 Å². The van der Waals surface area contributed by atoms with Gasteiger partial charge < -0.3 is 10.2 Å². The number of hydrogen-bond acceptors (Lipinski definition) is 4. The minimum Gasteiger partial charge on any atom is -0.425 e. The standard InChI is InChI=1S/C12H13N3O/c13-10-5-1-8(2-6-10)7-11-14-15-12(16-11)9-3-4-9/h1-2,5-6,9H,3-4,7,13H2. The Morgan fingerprint density at radius 1 is 1.19 bits per heavy atom. The third-order valence-corrected chi connectivity index (χ3v) is 2.74. The van der Waals surface area contributed by atoms with Crippen LogP contribution >= 0.6 is 0 Å². The highest BCUT2D eigenvalue weighted by Gasteiger charge is 2.29. The highest BCUT2D eigenvalue weighted by molar-refractivity contribution is 5.39. The van der Waals surface area contributed by atoms with Crippen LogP contribution in [0.3, 0.4) is 0 Å². The van der Waals surface area contributed by atoms with Gasteiger partial charge in [0.25, 0.3) is 0 Å². The van der Waals surface area contributed by atoms with Gasteiger partial charge in [0.05, 0.1) is 6.42 Å². The predicted molar refractivity (Wildman–Crippen MR) is 59.9 cm³/mol. The molecule has 1 aliphatic rings. The maximum atomic E-state index is 5.62. The van der Waals surface area contributed by atoms with Crippen molar-refractivity contribution in [2.75, 3.05) is 5.73 Å². The van der Waals surface area contributed by atoms with Gasteiger partial charge in [0.2, 0.25) is 11.8 Å². The Bertz CT molecular complexity index is 485. The molecule has 1 aromatic carbocycles. The monoisotopic (exact) mass is 215 g/mol. The first kappa shape index (κ1) is 9.39. The molecular formula is C12H13N3O. The summed E-state index contributed by atoms with van der Waals surface area (Å²) in [6, 6.07) is 7.73. The molecule has 0 bridgehead atoms. The fraction of sp³-hybridized carbons (Fsp3) is 0.333. The van der Waals surface area contributed by atoms with Crippen molar-refractivity contribution in [3.05, 3.63) is 41.6 Å². The molecule has 0 aliphatic heterocycles. The van der Waals surface area contributed by atoms with E-state index in [-0.39, 0.29) is 0 Å². The minimum atomic E-state index is 0.521. The van der Waals surface area contributed by atoms with Crippen LogP contribution in [0.5, 0.6) is 0 Å². The second-order valence-corrected chi connectivity index (χ2v) is 4.23. The number of anilines is 1. The molecule has 0 spiro atoms. The number of benzene rings is 1. The summed E-state index contributed by atoms with van der Waals surface area (Å²) in [5.41, 5.74) is 7.53. The van der Waals surface area contributed by atoms with Gasteiger partial charge in [-0.1, -0.05) is 12.1 Å². The molecule has 1 fully saturated rings. The SMILES string of the molecule is Nc1ccc(Cc2nnc(C3CC3)o2)cc1. The van der Waals surface area contributed by atoms with E-state index < -0.39 is 0 Å². The lowest BCUT2D eigenvalue weighted by Crippen LogP contribution is -1.90. The molecule has 3 rings (SSSR count). The van der Waals surface area contributed by atoms with E-state index >= 15 is 0 Å². The highest BCUT2D eigenvalue weighted by atomic mass is 16.4. The number of hydrogen-bond donors (Lipinski definition) is 1. The Hall–Kier alpha value is -1.84. The van der Waals surface area contributed by atoms with Crippen molar-refractivity contribution in [2.24, 2.45) is 0 Å². The first-order valence-electron chi connectivity index (χ1n) is 5.48. The quantitative estimate of drug-likeness (QED) is 0.796. The van der Waals surface area contributed by atoms with Crippen LogP contribution in [-0.4, -0.2) is 10.2 Å². The van der Waals surface area contributed by atoms with Gasteiger partial charge in [-0.2, -0.15) is 0 Å². The molecule has 82 valence electrons. The van der Waals surface area contributed by atoms with Crippen molar-refractivity contribution >= 4 is 5.69 Å². The Balaban J connectivity index is 1.75. The first-order valence-corrected chi connectivity index (χ1v) is 5.48. The van der Waals surface area contributed by atoms with E-state index in [1.165, 1.54) is 12.8 Å². The number of rotatable bonds is 3. The van der Waals surface area contributed by atoms with E-state index in [0.29, 0.717) is 18.2 Å². The first-order chi connectivity index (χ1) is 7.81. The second-order valence-electron chi connectivity index (χ2n) is 4.23. The van der Waals surface area contributed by atoms with E-state index in [9.17, 15) is 0 Å². The Morgan fingerprint density at radius 3 is 2.62 bits per heavy atom. The van der Waals surface area contributed by atoms with Crippen molar-refractivity contribution in [3.8, 4) is 0 Å². The molecule has 0 amide bonds. The van der Waals surface area contributed by atoms with Crippen LogP contribution in [0.4, 0.5) is 5.69 Å². The minimum absolute atomic E-state index is 0.521. The Kier molecular flexibility index (Phi) is 2.13. The van der Waals surface area contributed by atoms with E-state index in [1.807, 2.05) is 24.3 Å². The van der Waals surface area contributed by atoms with Crippen LogP contribution in [0.1, 0.15) is 36.1 Å². The number of aromatic nitrogens is 2. The summed E-state index contributed by atoms with van der Waals surface area (Å²) in [6.07, 6.45) is 3.05. The molecule has 16 heavy (non-hydrogen) atoms. The van der Waals surface area contributed by atoms with Gasteiger partial charge in [-0.15, -0.1) is 10.2 Å². The van der Waals surface area contributed by atoms with E-state index in [4.69, 9.17) is 10.2 Å². The summed E-state index contributed by atoms with van der Waals surface area (Å²) < 4.78 is 5.59. The topological polar surface area (TPSA) is 64.9 Å². The number of nitrogen functional groups attached to an aromatic ring is 1. The molecule has 4 nitrogen and oxygen atoms in total. The van der Waals surface area contributed by atoms with Crippen molar-refractivity contribution in [3.63, 3.8) is 0 Å². The molecule has 1 aromatic heterocycles. The summed E-state index contributed by atoms with van der Waals surface area (Å²) in [6.45, 7) is 0. The fourth-order valence-electron chi connectivity index (χ4n) is 1.64. The third-order valence-electron chi connectivity index (χ3n) is 2.74. The van der Waals surface area contributed by atoms with Crippen molar-refractivity contribution in [2.45, 2.75) is 25.2 Å². The lowest BCUT2D eigenvalue weighted by molar-refractivity contribution is 0.459. The zero-order valence-corrected chi connectivity index (χ0v) is 8.89. The van der Waals surface area contributed by atoms with E-state index in [0.717, 1.165) is 17.1 Å². The van der Waals surface area contributed by atoms with Crippen molar-refractivity contribution in [1.82, 2.24) is 10.2 Å². The molecule has 4 heteroatoms. The van der Waals surface area contributed by atoms with Gasteiger partial charge in [0, 0.05) is 11.6 Å². The van der Waals surface area contributed by atoms with Crippen LogP contribution in [0, 0.1) is 0 Å². The van der Waals surface area contributed by atoms with Crippen molar-refractivity contribution in [1.29, 1.82) is 0 Å². The molecule has 0 atom stereocenters. The van der Waals surface area contributed by atoms with Crippen LogP contribution in [0.2, 0.25) is 0 Å². The zero-order chi connectivity index (χ0) is 11.0. The third kappa shape index (κ3) is 1.91. The molecule has 0 saturated heterocycles. The van der Waals surface area contributed by atoms with Gasteiger partial charge in [-0.25, -0.2) is 0 Å². The molecule has 1 aliphatic carbocycles. The molecule has 2 aromatic rings. The zero-order valence-electron chi connectivity index (χ0n) is 8.89. The lowest BCUT2D eigenvalue weighted by atomic mass is 10.1. The molecule has 0 unspecified atom stereocenters. The Labute approximate surface area is 93.5 Å². The maximum absolute atomic E-state index is 5.62. The van der Waals surface area contributed by atoms with Gasteiger partial charge in [0.1, 0.15) is 0 Å². The lowest BCUT2D eigenvalue weighted by Gasteiger charge is -1.97. The second kappa shape index (κ2) is 3.63. The Morgan fingerprint density at radius 2 is 1.94 bits per heavy atom. The van der Waals surface area contributed by atoms with Gasteiger partial charge in [-0.3, -0.25) is 0 Å². The molecule has 1 saturated carbocycles. The van der Waals surface area contributed by atoms with Crippen molar-refractivity contribution < 1.29 is 4.42 Å². The summed E-state index contributed by atoms with van der Waals surface area (Å²) in [5.74, 6) is 2.00. The smallest absolute Gasteiger partial charge is 0.220 e. The molecule has 0 radical (unpaired) electrons. The van der Waals surface area contributed by atoms with E-state index in [2.05, 4.69) is 10.2 Å². The average molecular weight is 215 g/mol. The normalized spacial score (nSPS) is 15.2. The van der Waals surface area contributed by atoms with Crippen LogP contribution in [-0.2, 0) is 6.42 Å². The van der Waals surface area contributed by atoms with Gasteiger partial charge >= 0.3 is 0 Å². The van der Waals surface area contributed by atoms with Crippen LogP contribution in [0.15, 0.2) is 28.7 Å². The number of nitrogens with two attached hydrogens (primary N) is 1. The number of nitrogens with zero attached hydrogens (tertiary/aromatic N) is 2. The summed E-state index contributed by atoms with van der Waals surface area (Å²) >= 11 is 0. The summed E-state index contributed by atoms with van der Waals surface area (Å²) in [4.78, 5) is 0. The molecule has 2 N–H and O–H groups in total. The highest BCUT2D eigenvalue weighted by Crippen LogP contribution is 2.39. The van der Waals surface area contributed by atoms with Gasteiger partial charge in [0.15, 0.2) is 0 Å². The van der Waals surface area contributed by atoms with Gasteiger partial charge in [-0.05, 0) is 30.5 Å². The van der Waals surface area contributed by atoms with Crippen LogP contribution < -0.4 is 5.73 Å². The summed E-state index contributed by atoms with van der Waals surface area (Å²) in [7, 11) is 0. The fourth-order valence-corrected chi connectivity index (χ4v) is 1.64. The molecular weight excluding hydrogens is 202 g/mol.